The minimum Gasteiger partial charge on any atom is -0.394 e. The van der Waals surface area contributed by atoms with E-state index in [2.05, 4.69) is 5.32 Å². The van der Waals surface area contributed by atoms with E-state index in [1.165, 1.54) is 6.07 Å². The summed E-state index contributed by atoms with van der Waals surface area (Å²) < 4.78 is 0.828. The second-order valence-electron chi connectivity index (χ2n) is 2.79. The number of thiophene rings is 1. The summed E-state index contributed by atoms with van der Waals surface area (Å²) in [5, 5.41) is 11.3. The van der Waals surface area contributed by atoms with E-state index in [1.807, 2.05) is 0 Å². The van der Waals surface area contributed by atoms with Gasteiger partial charge in [0.15, 0.2) is 0 Å². The maximum atomic E-state index is 11.5. The average molecular weight is 254 g/mol. The summed E-state index contributed by atoms with van der Waals surface area (Å²) in [6.45, 7) is 1.58. The summed E-state index contributed by atoms with van der Waals surface area (Å²) >= 11 is 12.6. The molecule has 0 spiro atoms. The highest BCUT2D eigenvalue weighted by atomic mass is 35.5. The Morgan fingerprint density at radius 1 is 1.71 bits per heavy atom. The van der Waals surface area contributed by atoms with E-state index >= 15 is 0 Å². The number of aliphatic hydroxyl groups is 1. The van der Waals surface area contributed by atoms with Crippen LogP contribution in [-0.2, 0) is 0 Å². The van der Waals surface area contributed by atoms with E-state index in [4.69, 9.17) is 28.3 Å². The van der Waals surface area contributed by atoms with Crippen molar-refractivity contribution in [2.75, 3.05) is 6.61 Å². The molecule has 0 aliphatic carbocycles. The van der Waals surface area contributed by atoms with Crippen LogP contribution >= 0.6 is 34.5 Å². The Bertz CT molecular complexity index is 340. The summed E-state index contributed by atoms with van der Waals surface area (Å²) in [6, 6.07) is 1.21. The van der Waals surface area contributed by atoms with Crippen molar-refractivity contribution >= 4 is 40.4 Å². The fourth-order valence-corrected chi connectivity index (χ4v) is 2.30. The van der Waals surface area contributed by atoms with E-state index in [-0.39, 0.29) is 18.6 Å². The van der Waals surface area contributed by atoms with Crippen molar-refractivity contribution in [3.63, 3.8) is 0 Å². The van der Waals surface area contributed by atoms with E-state index in [1.54, 1.807) is 6.92 Å². The van der Waals surface area contributed by atoms with Crippen LogP contribution in [0.5, 0.6) is 0 Å². The SMILES string of the molecule is CC(CO)NC(=O)c1cc(Cl)sc1Cl. The molecule has 0 radical (unpaired) electrons. The number of hydrogen-bond donors (Lipinski definition) is 2. The van der Waals surface area contributed by atoms with Gasteiger partial charge in [-0.05, 0) is 13.0 Å². The van der Waals surface area contributed by atoms with E-state index in [0.717, 1.165) is 11.3 Å². The Balaban J connectivity index is 2.74. The molecule has 0 fully saturated rings. The fraction of sp³-hybridized carbons (Fsp3) is 0.375. The molecule has 0 aliphatic heterocycles. The monoisotopic (exact) mass is 253 g/mol. The molecule has 0 bridgehead atoms. The molecule has 3 nitrogen and oxygen atoms in total. The molecule has 2 N–H and O–H groups in total. The van der Waals surface area contributed by atoms with Crippen LogP contribution in [0, 0.1) is 0 Å². The number of aliphatic hydroxyl groups excluding tert-OH is 1. The zero-order valence-electron chi connectivity index (χ0n) is 7.38. The quantitative estimate of drug-likeness (QED) is 0.868. The first-order chi connectivity index (χ1) is 6.54. The van der Waals surface area contributed by atoms with Gasteiger partial charge in [0.1, 0.15) is 4.34 Å². The molecule has 1 rings (SSSR count). The molecule has 1 unspecified atom stereocenters. The number of hydrogen-bond acceptors (Lipinski definition) is 3. The summed E-state index contributed by atoms with van der Waals surface area (Å²) in [5.41, 5.74) is 0.349. The van der Waals surface area contributed by atoms with Gasteiger partial charge in [0, 0.05) is 6.04 Å². The van der Waals surface area contributed by atoms with E-state index < -0.39 is 0 Å². The molecule has 1 amide bonds. The summed E-state index contributed by atoms with van der Waals surface area (Å²) in [7, 11) is 0. The van der Waals surface area contributed by atoms with Crippen LogP contribution < -0.4 is 5.32 Å². The van der Waals surface area contributed by atoms with Crippen molar-refractivity contribution < 1.29 is 9.90 Å². The number of carbonyl (C=O) groups is 1. The van der Waals surface area contributed by atoms with Gasteiger partial charge >= 0.3 is 0 Å². The van der Waals surface area contributed by atoms with Crippen molar-refractivity contribution in [3.8, 4) is 0 Å². The van der Waals surface area contributed by atoms with Crippen molar-refractivity contribution in [1.82, 2.24) is 5.32 Å². The van der Waals surface area contributed by atoms with Gasteiger partial charge in [0.2, 0.25) is 0 Å². The van der Waals surface area contributed by atoms with Crippen LogP contribution in [0.1, 0.15) is 17.3 Å². The number of amides is 1. The Hall–Kier alpha value is -0.290. The number of carbonyl (C=O) groups excluding carboxylic acids is 1. The molecule has 0 saturated carbocycles. The van der Waals surface area contributed by atoms with Crippen molar-refractivity contribution in [3.05, 3.63) is 20.3 Å². The molecular weight excluding hydrogens is 245 g/mol. The topological polar surface area (TPSA) is 49.3 Å². The first-order valence-corrected chi connectivity index (χ1v) is 5.48. The Morgan fingerprint density at radius 2 is 2.36 bits per heavy atom. The van der Waals surface area contributed by atoms with Gasteiger partial charge in [-0.25, -0.2) is 0 Å². The zero-order chi connectivity index (χ0) is 10.7. The first-order valence-electron chi connectivity index (χ1n) is 3.91. The maximum Gasteiger partial charge on any atom is 0.254 e. The minimum atomic E-state index is -0.320. The second kappa shape index (κ2) is 4.98. The van der Waals surface area contributed by atoms with Gasteiger partial charge in [0.25, 0.3) is 5.91 Å². The van der Waals surface area contributed by atoms with Gasteiger partial charge in [-0.3, -0.25) is 4.79 Å². The van der Waals surface area contributed by atoms with Crippen LogP contribution in [-0.4, -0.2) is 23.7 Å². The lowest BCUT2D eigenvalue weighted by atomic mass is 10.3. The molecule has 0 aromatic carbocycles. The fourth-order valence-electron chi connectivity index (χ4n) is 0.842. The van der Waals surface area contributed by atoms with Gasteiger partial charge in [-0.15, -0.1) is 11.3 Å². The van der Waals surface area contributed by atoms with Gasteiger partial charge in [-0.1, -0.05) is 23.2 Å². The van der Waals surface area contributed by atoms with Crippen molar-refractivity contribution in [2.45, 2.75) is 13.0 Å². The molecule has 1 atom stereocenters. The van der Waals surface area contributed by atoms with Crippen molar-refractivity contribution in [2.24, 2.45) is 0 Å². The smallest absolute Gasteiger partial charge is 0.254 e. The van der Waals surface area contributed by atoms with E-state index in [0.29, 0.717) is 14.2 Å². The molecule has 0 saturated heterocycles. The molecular formula is C8H9Cl2NO2S. The Morgan fingerprint density at radius 3 is 2.79 bits per heavy atom. The van der Waals surface area contributed by atoms with Crippen LogP contribution in [0.15, 0.2) is 6.07 Å². The molecule has 14 heavy (non-hydrogen) atoms. The number of rotatable bonds is 3. The Labute approximate surface area is 95.6 Å². The third kappa shape index (κ3) is 2.85. The largest absolute Gasteiger partial charge is 0.394 e. The minimum absolute atomic E-state index is 0.110. The molecule has 6 heteroatoms. The lowest BCUT2D eigenvalue weighted by Gasteiger charge is -2.09. The van der Waals surface area contributed by atoms with Crippen LogP contribution in [0.25, 0.3) is 0 Å². The Kier molecular flexibility index (Phi) is 4.19. The molecule has 1 aromatic heterocycles. The standard InChI is InChI=1S/C8H9Cl2NO2S/c1-4(3-12)11-8(13)5-2-6(9)14-7(5)10/h2,4,12H,3H2,1H3,(H,11,13). The molecule has 0 aliphatic rings. The highest BCUT2D eigenvalue weighted by Gasteiger charge is 2.15. The first kappa shape index (κ1) is 11.8. The highest BCUT2D eigenvalue weighted by molar-refractivity contribution is 7.20. The van der Waals surface area contributed by atoms with E-state index in [9.17, 15) is 4.79 Å². The van der Waals surface area contributed by atoms with Gasteiger partial charge in [0.05, 0.1) is 16.5 Å². The second-order valence-corrected chi connectivity index (χ2v) is 5.08. The van der Waals surface area contributed by atoms with Crippen molar-refractivity contribution in [1.29, 1.82) is 0 Å². The lowest BCUT2D eigenvalue weighted by molar-refractivity contribution is 0.0923. The molecule has 1 aromatic rings. The summed E-state index contributed by atoms with van der Waals surface area (Å²) in [5.74, 6) is -0.320. The highest BCUT2D eigenvalue weighted by Crippen LogP contribution is 2.30. The predicted octanol–water partition coefficient (Wildman–Crippen LogP) is 2.17. The third-order valence-electron chi connectivity index (χ3n) is 1.55. The van der Waals surface area contributed by atoms with Gasteiger partial charge in [-0.2, -0.15) is 0 Å². The van der Waals surface area contributed by atoms with Crippen LogP contribution in [0.4, 0.5) is 0 Å². The maximum absolute atomic E-state index is 11.5. The summed E-state index contributed by atoms with van der Waals surface area (Å²) in [4.78, 5) is 11.5. The number of nitrogens with one attached hydrogen (secondary N) is 1. The average Bonchev–Trinajstić information content (AvgIpc) is 2.45. The summed E-state index contributed by atoms with van der Waals surface area (Å²) in [6.07, 6.45) is 0. The zero-order valence-corrected chi connectivity index (χ0v) is 9.71. The van der Waals surface area contributed by atoms with Crippen LogP contribution in [0.2, 0.25) is 8.67 Å². The predicted molar refractivity (Wildman–Crippen MR) is 58.4 cm³/mol. The number of halogens is 2. The van der Waals surface area contributed by atoms with Gasteiger partial charge < -0.3 is 10.4 Å². The lowest BCUT2D eigenvalue weighted by Crippen LogP contribution is -2.34. The van der Waals surface area contributed by atoms with Crippen LogP contribution in [0.3, 0.4) is 0 Å². The normalized spacial score (nSPS) is 12.6. The molecule has 1 heterocycles. The third-order valence-corrected chi connectivity index (χ3v) is 3.04. The molecule has 78 valence electrons.